The zero-order valence-electron chi connectivity index (χ0n) is 13.4. The lowest BCUT2D eigenvalue weighted by atomic mass is 10.2. The van der Waals surface area contributed by atoms with E-state index in [1.165, 1.54) is 24.3 Å². The molecule has 5 N–H and O–H groups in total. The van der Waals surface area contributed by atoms with Crippen molar-refractivity contribution in [1.82, 2.24) is 4.98 Å². The van der Waals surface area contributed by atoms with Crippen LogP contribution in [0.2, 0.25) is 0 Å². The maximum absolute atomic E-state index is 11.9. The summed E-state index contributed by atoms with van der Waals surface area (Å²) in [5.74, 6) is -0.737. The summed E-state index contributed by atoms with van der Waals surface area (Å²) in [7, 11) is -3.76. The van der Waals surface area contributed by atoms with Gasteiger partial charge in [0.2, 0.25) is 15.9 Å². The van der Waals surface area contributed by atoms with Crippen molar-refractivity contribution in [1.29, 1.82) is 0 Å². The maximum Gasteiger partial charge on any atom is 0.283 e. The second kappa shape index (κ2) is 6.94. The molecule has 0 saturated carbocycles. The first-order valence-electron chi connectivity index (χ1n) is 7.45. The van der Waals surface area contributed by atoms with E-state index >= 15 is 0 Å². The number of para-hydroxylation sites is 1. The normalized spacial score (nSPS) is 11.9. The van der Waals surface area contributed by atoms with E-state index in [9.17, 15) is 18.3 Å². The molecule has 10 heteroatoms. The summed E-state index contributed by atoms with van der Waals surface area (Å²) in [6.07, 6.45) is 0. The molecule has 0 spiro atoms. The second-order valence-electron chi connectivity index (χ2n) is 5.38. The monoisotopic (exact) mass is 373 g/mol. The van der Waals surface area contributed by atoms with E-state index in [0.29, 0.717) is 16.6 Å². The molecule has 0 fully saturated rings. The Bertz CT molecular complexity index is 1090. The Morgan fingerprint density at radius 3 is 2.54 bits per heavy atom. The number of amides is 1. The molecule has 134 valence electrons. The van der Waals surface area contributed by atoms with E-state index in [2.05, 4.69) is 20.5 Å². The highest BCUT2D eigenvalue weighted by Crippen LogP contribution is 2.35. The maximum atomic E-state index is 11.9. The van der Waals surface area contributed by atoms with Gasteiger partial charge in [0, 0.05) is 11.1 Å². The third-order valence-corrected chi connectivity index (χ3v) is 4.48. The summed E-state index contributed by atoms with van der Waals surface area (Å²) in [6, 6.07) is 12.7. The molecule has 3 rings (SSSR count). The number of azo groups is 1. The van der Waals surface area contributed by atoms with Gasteiger partial charge in [-0.1, -0.05) is 18.2 Å². The van der Waals surface area contributed by atoms with Gasteiger partial charge in [-0.2, -0.15) is 0 Å². The van der Waals surface area contributed by atoms with Crippen LogP contribution < -0.4 is 10.5 Å². The molecule has 1 aromatic heterocycles. The van der Waals surface area contributed by atoms with Crippen molar-refractivity contribution in [3.8, 4) is 5.88 Å². The second-order valence-corrected chi connectivity index (χ2v) is 6.95. The SMILES string of the molecule is NS(=O)(=O)c1ccc(NCC(=O)N=Nc2c(O)[nH]c3ccccc23)cc1. The number of aromatic nitrogens is 1. The minimum Gasteiger partial charge on any atom is -0.493 e. The molecule has 0 aliphatic heterocycles. The van der Waals surface area contributed by atoms with Crippen molar-refractivity contribution in [2.45, 2.75) is 4.90 Å². The molecule has 2 aromatic carbocycles. The number of aromatic hydroxyl groups is 1. The topological polar surface area (TPSA) is 150 Å². The molecule has 3 aromatic rings. The number of nitrogens with two attached hydrogens (primary N) is 1. The van der Waals surface area contributed by atoms with Crippen LogP contribution in [0.4, 0.5) is 11.4 Å². The third-order valence-electron chi connectivity index (χ3n) is 3.55. The number of anilines is 1. The quantitative estimate of drug-likeness (QED) is 0.506. The number of carbonyl (C=O) groups is 1. The fourth-order valence-corrected chi connectivity index (χ4v) is 2.81. The minimum absolute atomic E-state index is 0.0242. The number of sulfonamides is 1. The molecule has 0 bridgehead atoms. The molecule has 0 radical (unpaired) electrons. The zero-order chi connectivity index (χ0) is 18.7. The van der Waals surface area contributed by atoms with Crippen LogP contribution >= 0.6 is 0 Å². The lowest BCUT2D eigenvalue weighted by molar-refractivity contribution is -0.116. The minimum atomic E-state index is -3.76. The predicted molar refractivity (Wildman–Crippen MR) is 95.8 cm³/mol. The van der Waals surface area contributed by atoms with E-state index in [1.807, 2.05) is 0 Å². The Kier molecular flexibility index (Phi) is 4.69. The Balaban J connectivity index is 1.65. The fourth-order valence-electron chi connectivity index (χ4n) is 2.30. The molecule has 0 aliphatic carbocycles. The van der Waals surface area contributed by atoms with Gasteiger partial charge in [0.1, 0.15) is 0 Å². The van der Waals surface area contributed by atoms with E-state index in [-0.39, 0.29) is 23.0 Å². The summed E-state index contributed by atoms with van der Waals surface area (Å²) in [6.45, 7) is -0.151. The highest BCUT2D eigenvalue weighted by molar-refractivity contribution is 7.89. The Hall–Kier alpha value is -3.24. The van der Waals surface area contributed by atoms with Crippen molar-refractivity contribution >= 4 is 38.2 Å². The van der Waals surface area contributed by atoms with Crippen LogP contribution in [0.1, 0.15) is 0 Å². The van der Waals surface area contributed by atoms with Crippen LogP contribution in [0.25, 0.3) is 10.9 Å². The van der Waals surface area contributed by atoms with Gasteiger partial charge in [0.15, 0.2) is 5.69 Å². The molecule has 1 amide bonds. The molecule has 9 nitrogen and oxygen atoms in total. The standard InChI is InChI=1S/C16H15N5O4S/c17-26(24,25)11-7-5-10(6-8-11)18-9-14(22)20-21-15-12-3-1-2-4-13(12)19-16(15)23/h1-8,18-19,23H,9H2,(H2,17,24,25). The van der Waals surface area contributed by atoms with Crippen LogP contribution in [-0.4, -0.2) is 31.0 Å². The fraction of sp³-hybridized carbons (Fsp3) is 0.0625. The van der Waals surface area contributed by atoms with E-state index in [0.717, 1.165) is 0 Å². The number of nitrogens with zero attached hydrogens (tertiary/aromatic N) is 2. The van der Waals surface area contributed by atoms with Gasteiger partial charge in [-0.15, -0.1) is 10.2 Å². The van der Waals surface area contributed by atoms with Crippen molar-refractivity contribution in [2.24, 2.45) is 15.4 Å². The van der Waals surface area contributed by atoms with Gasteiger partial charge >= 0.3 is 0 Å². The molecular formula is C16H15N5O4S. The van der Waals surface area contributed by atoms with E-state index in [4.69, 9.17) is 5.14 Å². The average Bonchev–Trinajstić information content (AvgIpc) is 2.93. The van der Waals surface area contributed by atoms with Gasteiger partial charge in [0.05, 0.1) is 17.0 Å². The molecule has 0 aliphatic rings. The average molecular weight is 373 g/mol. The summed E-state index contributed by atoms with van der Waals surface area (Å²) < 4.78 is 22.4. The highest BCUT2D eigenvalue weighted by Gasteiger charge is 2.10. The number of aromatic amines is 1. The van der Waals surface area contributed by atoms with Crippen molar-refractivity contribution in [3.63, 3.8) is 0 Å². The van der Waals surface area contributed by atoms with Crippen LogP contribution in [0.5, 0.6) is 5.88 Å². The summed E-state index contributed by atoms with van der Waals surface area (Å²) in [5.41, 5.74) is 1.39. The number of primary sulfonamides is 1. The van der Waals surface area contributed by atoms with Crippen LogP contribution in [0.15, 0.2) is 63.7 Å². The number of rotatable bonds is 5. The summed E-state index contributed by atoms with van der Waals surface area (Å²) >= 11 is 0. The van der Waals surface area contributed by atoms with Gasteiger partial charge in [-0.25, -0.2) is 13.6 Å². The number of benzene rings is 2. The van der Waals surface area contributed by atoms with Gasteiger partial charge < -0.3 is 15.4 Å². The number of hydrogen-bond acceptors (Lipinski definition) is 6. The van der Waals surface area contributed by atoms with Crippen molar-refractivity contribution in [2.75, 3.05) is 11.9 Å². The molecule has 0 unspecified atom stereocenters. The van der Waals surface area contributed by atoms with Crippen LogP contribution in [-0.2, 0) is 14.8 Å². The van der Waals surface area contributed by atoms with Gasteiger partial charge in [-0.05, 0) is 30.3 Å². The smallest absolute Gasteiger partial charge is 0.283 e. The molecule has 0 saturated heterocycles. The molecule has 26 heavy (non-hydrogen) atoms. The van der Waals surface area contributed by atoms with E-state index < -0.39 is 15.9 Å². The Morgan fingerprint density at radius 1 is 1.15 bits per heavy atom. The third kappa shape index (κ3) is 3.87. The predicted octanol–water partition coefficient (Wildman–Crippen LogP) is 2.24. The summed E-state index contributed by atoms with van der Waals surface area (Å²) in [4.78, 5) is 14.6. The Morgan fingerprint density at radius 2 is 1.85 bits per heavy atom. The van der Waals surface area contributed by atoms with Crippen molar-refractivity contribution in [3.05, 3.63) is 48.5 Å². The first kappa shape index (κ1) is 17.6. The molecular weight excluding hydrogens is 358 g/mol. The number of carbonyl (C=O) groups excluding carboxylic acids is 1. The molecule has 0 atom stereocenters. The lowest BCUT2D eigenvalue weighted by Gasteiger charge is -2.04. The first-order chi connectivity index (χ1) is 12.3. The number of H-pyrrole nitrogens is 1. The lowest BCUT2D eigenvalue weighted by Crippen LogP contribution is -2.13. The van der Waals surface area contributed by atoms with Gasteiger partial charge in [0.25, 0.3) is 5.91 Å². The zero-order valence-corrected chi connectivity index (χ0v) is 14.2. The summed E-state index contributed by atoms with van der Waals surface area (Å²) in [5, 5.41) is 25.7. The van der Waals surface area contributed by atoms with Crippen molar-refractivity contribution < 1.29 is 18.3 Å². The number of hydrogen-bond donors (Lipinski definition) is 4. The first-order valence-corrected chi connectivity index (χ1v) is 9.00. The van der Waals surface area contributed by atoms with Crippen LogP contribution in [0, 0.1) is 0 Å². The van der Waals surface area contributed by atoms with E-state index in [1.54, 1.807) is 24.3 Å². The van der Waals surface area contributed by atoms with Gasteiger partial charge in [-0.3, -0.25) is 4.79 Å². The van der Waals surface area contributed by atoms with Crippen LogP contribution in [0.3, 0.4) is 0 Å². The number of fused-ring (bicyclic) bond motifs is 1. The largest absolute Gasteiger partial charge is 0.493 e. The molecule has 1 heterocycles. The Labute approximate surface area is 148 Å². The highest BCUT2D eigenvalue weighted by atomic mass is 32.2. The number of nitrogens with one attached hydrogen (secondary N) is 2.